The number of halogens is 2. The summed E-state index contributed by atoms with van der Waals surface area (Å²) >= 11 is 0. The van der Waals surface area contributed by atoms with E-state index < -0.39 is 21.9 Å². The van der Waals surface area contributed by atoms with Crippen LogP contribution in [0.15, 0.2) is 59.5 Å². The van der Waals surface area contributed by atoms with Gasteiger partial charge in [-0.15, -0.1) is 0 Å². The Morgan fingerprint density at radius 1 is 1.09 bits per heavy atom. The van der Waals surface area contributed by atoms with Crippen LogP contribution in [0.1, 0.15) is 29.6 Å². The second-order valence-electron chi connectivity index (χ2n) is 8.16. The minimum Gasteiger partial charge on any atom is -0.356 e. The number of nitrogens with zero attached hydrogens (tertiary/aromatic N) is 3. The van der Waals surface area contributed by atoms with Crippen molar-refractivity contribution in [2.75, 3.05) is 29.9 Å². The predicted octanol–water partition coefficient (Wildman–Crippen LogP) is 3.78. The van der Waals surface area contributed by atoms with Crippen molar-refractivity contribution >= 4 is 38.3 Å². The zero-order chi connectivity index (χ0) is 23.8. The average molecular weight is 475 g/mol. The molecule has 0 unspecified atom stereocenters. The third kappa shape index (κ3) is 4.96. The summed E-state index contributed by atoms with van der Waals surface area (Å²) in [5.74, 6) is -2.85. The van der Waals surface area contributed by atoms with E-state index in [0.29, 0.717) is 23.6 Å². The summed E-state index contributed by atoms with van der Waals surface area (Å²) in [6.07, 6.45) is -0.247. The number of pyridine rings is 1. The number of benzene rings is 2. The van der Waals surface area contributed by atoms with Crippen LogP contribution in [0, 0.1) is 0 Å². The normalized spacial score (nSPS) is 16.4. The maximum atomic E-state index is 14.0. The molecule has 33 heavy (non-hydrogen) atoms. The van der Waals surface area contributed by atoms with Gasteiger partial charge in [0.15, 0.2) is 0 Å². The number of sulfonamides is 1. The van der Waals surface area contributed by atoms with E-state index in [2.05, 4.69) is 4.98 Å². The highest BCUT2D eigenvalue weighted by Crippen LogP contribution is 2.32. The van der Waals surface area contributed by atoms with Crippen LogP contribution in [-0.2, 0) is 10.0 Å². The summed E-state index contributed by atoms with van der Waals surface area (Å²) in [5, 5.41) is 5.96. The van der Waals surface area contributed by atoms with Crippen LogP contribution in [0.2, 0.25) is 0 Å². The molecular weight excluding hydrogens is 450 g/mol. The van der Waals surface area contributed by atoms with E-state index in [4.69, 9.17) is 5.14 Å². The maximum absolute atomic E-state index is 14.0. The Bertz CT molecular complexity index is 1310. The van der Waals surface area contributed by atoms with Gasteiger partial charge in [-0.1, -0.05) is 24.3 Å². The van der Waals surface area contributed by atoms with E-state index >= 15 is 0 Å². The lowest BCUT2D eigenvalue weighted by Gasteiger charge is -2.26. The van der Waals surface area contributed by atoms with Gasteiger partial charge in [-0.05, 0) is 36.8 Å². The van der Waals surface area contributed by atoms with Crippen LogP contribution in [0.3, 0.4) is 0 Å². The topological polar surface area (TPSA) is 96.6 Å². The highest BCUT2D eigenvalue weighted by atomic mass is 32.2. The summed E-state index contributed by atoms with van der Waals surface area (Å²) in [7, 11) is -2.43. The molecule has 3 aromatic rings. The Morgan fingerprint density at radius 3 is 2.61 bits per heavy atom. The number of nitrogens with two attached hydrogens (primary N) is 1. The molecule has 0 spiro atoms. The van der Waals surface area contributed by atoms with Crippen LogP contribution in [0.5, 0.6) is 0 Å². The lowest BCUT2D eigenvalue weighted by atomic mass is 10.1. The Kier molecular flexibility index (Phi) is 6.06. The van der Waals surface area contributed by atoms with Crippen molar-refractivity contribution in [2.24, 2.45) is 5.14 Å². The van der Waals surface area contributed by atoms with Crippen molar-refractivity contribution in [3.8, 4) is 0 Å². The Morgan fingerprint density at radius 2 is 1.85 bits per heavy atom. The summed E-state index contributed by atoms with van der Waals surface area (Å²) in [6.45, 7) is 0.426. The summed E-state index contributed by atoms with van der Waals surface area (Å²) in [5.41, 5.74) is 1.23. The molecule has 1 aliphatic heterocycles. The zero-order valence-electron chi connectivity index (χ0n) is 18.0. The molecule has 7 nitrogen and oxygen atoms in total. The van der Waals surface area contributed by atoms with E-state index in [1.807, 2.05) is 18.2 Å². The van der Waals surface area contributed by atoms with E-state index in [0.717, 1.165) is 5.39 Å². The molecule has 174 valence electrons. The molecule has 10 heteroatoms. The Labute approximate surface area is 190 Å². The van der Waals surface area contributed by atoms with E-state index in [1.54, 1.807) is 23.1 Å². The van der Waals surface area contributed by atoms with Gasteiger partial charge in [-0.3, -0.25) is 4.79 Å². The molecule has 1 aromatic heterocycles. The third-order valence-electron chi connectivity index (χ3n) is 5.79. The van der Waals surface area contributed by atoms with Crippen molar-refractivity contribution in [3.63, 3.8) is 0 Å². The largest absolute Gasteiger partial charge is 0.356 e. The number of carbonyl (C=O) groups is 1. The molecule has 0 aliphatic carbocycles. The minimum atomic E-state index is -3.95. The van der Waals surface area contributed by atoms with Gasteiger partial charge in [0.1, 0.15) is 5.82 Å². The first kappa shape index (κ1) is 23.1. The molecule has 1 amide bonds. The maximum Gasteiger partial charge on any atom is 0.261 e. The zero-order valence-corrected chi connectivity index (χ0v) is 18.9. The molecule has 1 saturated heterocycles. The van der Waals surface area contributed by atoms with Crippen molar-refractivity contribution in [1.82, 2.24) is 4.98 Å². The minimum absolute atomic E-state index is 0.0727. The standard InChI is InChI=1S/C23H24F2N4O3S/c1-28(17-7-4-8-18(15-17)33(26,31)32)22(30)19-14-16-6-2-3-9-20(16)27-21(19)29-12-5-10-23(24,25)11-13-29/h2-4,6-9,14-15H,5,10-13H2,1H3,(H2,26,31,32). The Balaban J connectivity index is 1.77. The van der Waals surface area contributed by atoms with Gasteiger partial charge in [0, 0.05) is 44.1 Å². The molecule has 2 N–H and O–H groups in total. The molecule has 0 atom stereocenters. The number of hydrogen-bond donors (Lipinski definition) is 1. The fraction of sp³-hybridized carbons (Fsp3) is 0.304. The van der Waals surface area contributed by atoms with Crippen molar-refractivity contribution in [3.05, 3.63) is 60.2 Å². The van der Waals surface area contributed by atoms with Gasteiger partial charge in [-0.2, -0.15) is 0 Å². The number of carbonyl (C=O) groups excluding carboxylic acids is 1. The third-order valence-corrected chi connectivity index (χ3v) is 6.70. The summed E-state index contributed by atoms with van der Waals surface area (Å²) in [4.78, 5) is 21.1. The molecule has 1 aliphatic rings. The Hall–Kier alpha value is -3.11. The quantitative estimate of drug-likeness (QED) is 0.621. The number of alkyl halides is 2. The molecule has 2 aromatic carbocycles. The molecule has 0 saturated carbocycles. The second kappa shape index (κ2) is 8.68. The van der Waals surface area contributed by atoms with E-state index in [1.165, 1.54) is 30.1 Å². The van der Waals surface area contributed by atoms with Crippen LogP contribution in [0.4, 0.5) is 20.3 Å². The van der Waals surface area contributed by atoms with E-state index in [-0.39, 0.29) is 36.3 Å². The first-order chi connectivity index (χ1) is 15.5. The monoisotopic (exact) mass is 474 g/mol. The fourth-order valence-corrected chi connectivity index (χ4v) is 4.50. The number of rotatable bonds is 4. The van der Waals surface area contributed by atoms with Gasteiger partial charge in [-0.25, -0.2) is 27.3 Å². The lowest BCUT2D eigenvalue weighted by molar-refractivity contribution is -0.0102. The number of fused-ring (bicyclic) bond motifs is 1. The number of hydrogen-bond acceptors (Lipinski definition) is 5. The lowest BCUT2D eigenvalue weighted by Crippen LogP contribution is -2.32. The van der Waals surface area contributed by atoms with Gasteiger partial charge in [0.05, 0.1) is 16.0 Å². The summed E-state index contributed by atoms with van der Waals surface area (Å²) in [6, 6.07) is 14.7. The van der Waals surface area contributed by atoms with Crippen LogP contribution < -0.4 is 14.9 Å². The van der Waals surface area contributed by atoms with Crippen molar-refractivity contribution in [1.29, 1.82) is 0 Å². The molecule has 4 rings (SSSR count). The number of aromatic nitrogens is 1. The van der Waals surface area contributed by atoms with Crippen LogP contribution in [0.25, 0.3) is 10.9 Å². The summed E-state index contributed by atoms with van der Waals surface area (Å²) < 4.78 is 51.4. The van der Waals surface area contributed by atoms with Crippen LogP contribution in [-0.4, -0.2) is 45.4 Å². The molecular formula is C23H24F2N4O3S. The van der Waals surface area contributed by atoms with Gasteiger partial charge >= 0.3 is 0 Å². The average Bonchev–Trinajstić information content (AvgIpc) is 2.97. The SMILES string of the molecule is CN(C(=O)c1cc2ccccc2nc1N1CCCC(F)(F)CC1)c1cccc(S(N)(=O)=O)c1. The first-order valence-corrected chi connectivity index (χ1v) is 12.0. The molecule has 0 radical (unpaired) electrons. The number of amides is 1. The van der Waals surface area contributed by atoms with Gasteiger partial charge in [0.25, 0.3) is 5.91 Å². The molecule has 0 bridgehead atoms. The second-order valence-corrected chi connectivity index (χ2v) is 9.72. The molecule has 1 fully saturated rings. The van der Waals surface area contributed by atoms with E-state index in [9.17, 15) is 22.0 Å². The van der Waals surface area contributed by atoms with Crippen molar-refractivity contribution in [2.45, 2.75) is 30.1 Å². The first-order valence-electron chi connectivity index (χ1n) is 10.5. The smallest absolute Gasteiger partial charge is 0.261 e. The fourth-order valence-electron chi connectivity index (χ4n) is 3.95. The van der Waals surface area contributed by atoms with Crippen molar-refractivity contribution < 1.29 is 22.0 Å². The number of primary sulfonamides is 1. The van der Waals surface area contributed by atoms with Gasteiger partial charge < -0.3 is 9.80 Å². The predicted molar refractivity (Wildman–Crippen MR) is 123 cm³/mol. The number of para-hydroxylation sites is 1. The highest BCUT2D eigenvalue weighted by molar-refractivity contribution is 7.89. The van der Waals surface area contributed by atoms with Crippen LogP contribution >= 0.6 is 0 Å². The van der Waals surface area contributed by atoms with Gasteiger partial charge in [0.2, 0.25) is 15.9 Å². The highest BCUT2D eigenvalue weighted by Gasteiger charge is 2.33. The number of anilines is 2. The molecule has 2 heterocycles.